The van der Waals surface area contributed by atoms with Gasteiger partial charge in [0.25, 0.3) is 0 Å². The van der Waals surface area contributed by atoms with Crippen LogP contribution in [0.25, 0.3) is 10.8 Å². The van der Waals surface area contributed by atoms with E-state index in [4.69, 9.17) is 9.47 Å². The average molecular weight is 481 g/mol. The molecule has 2 N–H and O–H groups in total. The lowest BCUT2D eigenvalue weighted by atomic mass is 9.66. The van der Waals surface area contributed by atoms with Crippen molar-refractivity contribution in [2.45, 2.75) is 56.8 Å². The molecular formula is C27H32N2O6. The van der Waals surface area contributed by atoms with Crippen molar-refractivity contribution in [2.75, 3.05) is 25.1 Å². The second kappa shape index (κ2) is 8.91. The summed E-state index contributed by atoms with van der Waals surface area (Å²) in [7, 11) is 0. The topological polar surface area (TPSA) is 105 Å². The summed E-state index contributed by atoms with van der Waals surface area (Å²) in [6, 6.07) is 12.7. The van der Waals surface area contributed by atoms with Crippen molar-refractivity contribution in [2.24, 2.45) is 11.8 Å². The normalized spacial score (nSPS) is 31.1. The molecule has 5 rings (SSSR count). The summed E-state index contributed by atoms with van der Waals surface area (Å²) in [5.41, 5.74) is -1.29. The first kappa shape index (κ1) is 23.8. The van der Waals surface area contributed by atoms with Crippen LogP contribution in [0.3, 0.4) is 0 Å². The zero-order chi connectivity index (χ0) is 24.8. The maximum Gasteiger partial charge on any atom is 0.312 e. The van der Waals surface area contributed by atoms with Gasteiger partial charge in [0.1, 0.15) is 17.6 Å². The first-order valence-corrected chi connectivity index (χ1v) is 12.4. The fourth-order valence-electron chi connectivity index (χ4n) is 6.43. The molecule has 2 amide bonds. The van der Waals surface area contributed by atoms with E-state index in [1.54, 1.807) is 11.8 Å². The van der Waals surface area contributed by atoms with Gasteiger partial charge in [-0.2, -0.15) is 0 Å². The third-order valence-corrected chi connectivity index (χ3v) is 7.89. The average Bonchev–Trinajstić information content (AvgIpc) is 3.40. The Morgan fingerprint density at radius 2 is 1.94 bits per heavy atom. The summed E-state index contributed by atoms with van der Waals surface area (Å²) in [5.74, 6) is -2.53. The molecule has 0 aromatic heterocycles. The fraction of sp³-hybridized carbons (Fsp3) is 0.519. The molecule has 0 aliphatic carbocycles. The first-order valence-electron chi connectivity index (χ1n) is 12.4. The number of hydrogen-bond acceptors (Lipinski definition) is 6. The van der Waals surface area contributed by atoms with Gasteiger partial charge >= 0.3 is 5.97 Å². The SMILES string of the molecule is CCOC(=O)[C@@H]1[C@H]2C(=O)N(CCCCO)C(C(=O)Nc3ccc4ccccc4c3)C23CC[C@@]1(C)O3. The van der Waals surface area contributed by atoms with Gasteiger partial charge in [-0.3, -0.25) is 14.4 Å². The summed E-state index contributed by atoms with van der Waals surface area (Å²) >= 11 is 0. The number of nitrogens with one attached hydrogen (secondary N) is 1. The number of unbranched alkanes of at least 4 members (excludes halogenated alkanes) is 1. The second-order valence-corrected chi connectivity index (χ2v) is 9.99. The Hall–Kier alpha value is -2.97. The number of ether oxygens (including phenoxy) is 2. The smallest absolute Gasteiger partial charge is 0.312 e. The lowest BCUT2D eigenvalue weighted by Crippen LogP contribution is -2.53. The van der Waals surface area contributed by atoms with Gasteiger partial charge in [0.2, 0.25) is 11.8 Å². The minimum absolute atomic E-state index is 0.00454. The highest BCUT2D eigenvalue weighted by molar-refractivity contribution is 6.04. The lowest BCUT2D eigenvalue weighted by Gasteiger charge is -2.33. The van der Waals surface area contributed by atoms with Crippen LogP contribution in [0.5, 0.6) is 0 Å². The standard InChI is InChI=1S/C27H32N2O6/c1-3-34-25(33)21-20-24(32)29(14-6-7-15-30)22(27(20)13-12-26(21,2)35-27)23(31)28-19-11-10-17-8-4-5-9-18(17)16-19/h4-5,8-11,16,20-22,30H,3,6-7,12-15H2,1-2H3,(H,28,31)/t20-,21-,22?,26+,27?/m0/s1. The van der Waals surface area contributed by atoms with E-state index in [-0.39, 0.29) is 25.0 Å². The molecule has 5 atom stereocenters. The molecule has 2 aromatic carbocycles. The second-order valence-electron chi connectivity index (χ2n) is 9.99. The third-order valence-electron chi connectivity index (χ3n) is 7.89. The van der Waals surface area contributed by atoms with Gasteiger partial charge in [0.05, 0.1) is 18.1 Å². The van der Waals surface area contributed by atoms with Crippen molar-refractivity contribution in [3.63, 3.8) is 0 Å². The van der Waals surface area contributed by atoms with Gasteiger partial charge in [-0.15, -0.1) is 0 Å². The maximum absolute atomic E-state index is 13.8. The predicted molar refractivity (Wildman–Crippen MR) is 129 cm³/mol. The molecule has 1 spiro atoms. The highest BCUT2D eigenvalue weighted by Gasteiger charge is 2.78. The van der Waals surface area contributed by atoms with E-state index in [0.717, 1.165) is 10.8 Å². The van der Waals surface area contributed by atoms with E-state index in [1.807, 2.05) is 49.4 Å². The van der Waals surface area contributed by atoms with Crippen LogP contribution < -0.4 is 5.32 Å². The zero-order valence-electron chi connectivity index (χ0n) is 20.2. The Labute approximate surface area is 204 Å². The molecule has 3 aliphatic heterocycles. The number of esters is 1. The summed E-state index contributed by atoms with van der Waals surface area (Å²) in [4.78, 5) is 42.1. The van der Waals surface area contributed by atoms with Gasteiger partial charge in [-0.05, 0) is 62.4 Å². The Bertz CT molecular complexity index is 1170. The number of rotatable bonds is 8. The zero-order valence-corrected chi connectivity index (χ0v) is 20.2. The molecule has 3 fully saturated rings. The Morgan fingerprint density at radius 3 is 2.69 bits per heavy atom. The number of amides is 2. The van der Waals surface area contributed by atoms with Crippen LogP contribution in [0.15, 0.2) is 42.5 Å². The Morgan fingerprint density at radius 1 is 1.17 bits per heavy atom. The Kier molecular flexibility index (Phi) is 6.05. The number of hydrogen-bond donors (Lipinski definition) is 2. The van der Waals surface area contributed by atoms with Crippen LogP contribution in [0.2, 0.25) is 0 Å². The van der Waals surface area contributed by atoms with E-state index >= 15 is 0 Å². The molecule has 2 bridgehead atoms. The van der Waals surface area contributed by atoms with Crippen LogP contribution in [0.1, 0.15) is 39.5 Å². The molecule has 35 heavy (non-hydrogen) atoms. The predicted octanol–water partition coefficient (Wildman–Crippen LogP) is 2.88. The third kappa shape index (κ3) is 3.70. The fourth-order valence-corrected chi connectivity index (χ4v) is 6.43. The number of carbonyl (C=O) groups is 3. The van der Waals surface area contributed by atoms with E-state index < -0.39 is 35.0 Å². The molecule has 2 aromatic rings. The highest BCUT2D eigenvalue weighted by atomic mass is 16.6. The van der Waals surface area contributed by atoms with Crippen molar-refractivity contribution < 1.29 is 29.0 Å². The molecular weight excluding hydrogens is 448 g/mol. The number of likely N-dealkylation sites (tertiary alicyclic amines) is 1. The van der Waals surface area contributed by atoms with Crippen LogP contribution in [-0.2, 0) is 23.9 Å². The number of aliphatic hydroxyl groups excluding tert-OH is 1. The molecule has 8 nitrogen and oxygen atoms in total. The summed E-state index contributed by atoms with van der Waals surface area (Å²) in [6.07, 6.45) is 2.15. The maximum atomic E-state index is 13.8. The number of nitrogens with zero attached hydrogens (tertiary/aromatic N) is 1. The van der Waals surface area contributed by atoms with E-state index in [1.165, 1.54) is 0 Å². The molecule has 186 valence electrons. The monoisotopic (exact) mass is 480 g/mol. The molecule has 0 radical (unpaired) electrons. The number of fused-ring (bicyclic) bond motifs is 2. The van der Waals surface area contributed by atoms with E-state index in [9.17, 15) is 19.5 Å². The van der Waals surface area contributed by atoms with Crippen molar-refractivity contribution >= 4 is 34.2 Å². The minimum Gasteiger partial charge on any atom is -0.466 e. The number of benzene rings is 2. The quantitative estimate of drug-likeness (QED) is 0.445. The van der Waals surface area contributed by atoms with Crippen LogP contribution in [0, 0.1) is 11.8 Å². The molecule has 3 heterocycles. The van der Waals surface area contributed by atoms with Gasteiger partial charge in [-0.1, -0.05) is 30.3 Å². The van der Waals surface area contributed by atoms with Gasteiger partial charge in [0, 0.05) is 18.8 Å². The summed E-state index contributed by atoms with van der Waals surface area (Å²) in [6.45, 7) is 4.12. The first-order chi connectivity index (χ1) is 16.8. The van der Waals surface area contributed by atoms with E-state index in [0.29, 0.717) is 37.9 Å². The number of aliphatic hydroxyl groups is 1. The number of anilines is 1. The van der Waals surface area contributed by atoms with Crippen LogP contribution in [-0.4, -0.2) is 64.8 Å². The van der Waals surface area contributed by atoms with Crippen molar-refractivity contribution in [1.29, 1.82) is 0 Å². The lowest BCUT2D eigenvalue weighted by molar-refractivity contribution is -0.158. The van der Waals surface area contributed by atoms with Crippen molar-refractivity contribution in [1.82, 2.24) is 4.90 Å². The van der Waals surface area contributed by atoms with Crippen LogP contribution >= 0.6 is 0 Å². The van der Waals surface area contributed by atoms with Gasteiger partial charge < -0.3 is 24.8 Å². The van der Waals surface area contributed by atoms with E-state index in [2.05, 4.69) is 5.32 Å². The van der Waals surface area contributed by atoms with Crippen molar-refractivity contribution in [3.8, 4) is 0 Å². The summed E-state index contributed by atoms with van der Waals surface area (Å²) < 4.78 is 11.9. The molecule has 2 unspecified atom stereocenters. The largest absolute Gasteiger partial charge is 0.466 e. The summed E-state index contributed by atoms with van der Waals surface area (Å²) in [5, 5.41) is 14.3. The number of carbonyl (C=O) groups excluding carboxylic acids is 3. The molecule has 3 aliphatic rings. The highest BCUT2D eigenvalue weighted by Crippen LogP contribution is 2.63. The molecule has 3 saturated heterocycles. The van der Waals surface area contributed by atoms with Gasteiger partial charge in [-0.25, -0.2) is 0 Å². The Balaban J connectivity index is 1.49. The van der Waals surface area contributed by atoms with Crippen LogP contribution in [0.4, 0.5) is 5.69 Å². The minimum atomic E-state index is -1.08. The molecule has 8 heteroatoms. The van der Waals surface area contributed by atoms with Crippen molar-refractivity contribution in [3.05, 3.63) is 42.5 Å². The molecule has 0 saturated carbocycles. The van der Waals surface area contributed by atoms with Gasteiger partial charge in [0.15, 0.2) is 0 Å².